The molecule has 2 aromatic rings. The lowest BCUT2D eigenvalue weighted by Gasteiger charge is -2.35. The Hall–Kier alpha value is -2.87. The average Bonchev–Trinajstić information content (AvgIpc) is 2.70. The van der Waals surface area contributed by atoms with Crippen LogP contribution < -0.4 is 21.4 Å². The summed E-state index contributed by atoms with van der Waals surface area (Å²) in [5.74, 6) is 0.224. The van der Waals surface area contributed by atoms with Gasteiger partial charge in [-0.05, 0) is 37.5 Å². The van der Waals surface area contributed by atoms with Crippen molar-refractivity contribution in [2.75, 3.05) is 26.2 Å². The molecule has 1 unspecified atom stereocenters. The van der Waals surface area contributed by atoms with E-state index >= 15 is 0 Å². The standard InChI is InChI=1S/C20H25N3O5/c21-9-8-18(24)22-12-15-3-1-2-10-23(15)19(25)13-27-16-6-4-14-5-7-20(26)28-17(14)11-16/h4-7,11,15H,1-3,8-10,12-13,21H2,(H,22,24). The number of nitrogens with two attached hydrogens (primary N) is 1. The zero-order valence-corrected chi connectivity index (χ0v) is 15.7. The number of amides is 2. The molecule has 1 aromatic carbocycles. The van der Waals surface area contributed by atoms with Gasteiger partial charge in [0.15, 0.2) is 6.61 Å². The smallest absolute Gasteiger partial charge is 0.336 e. The molecule has 8 nitrogen and oxygen atoms in total. The number of fused-ring (bicyclic) bond motifs is 1. The third kappa shape index (κ3) is 5.10. The van der Waals surface area contributed by atoms with Crippen molar-refractivity contribution in [3.05, 3.63) is 40.8 Å². The van der Waals surface area contributed by atoms with Crippen molar-refractivity contribution in [3.8, 4) is 5.75 Å². The van der Waals surface area contributed by atoms with Gasteiger partial charge in [0, 0.05) is 49.6 Å². The molecular weight excluding hydrogens is 362 g/mol. The maximum absolute atomic E-state index is 12.7. The van der Waals surface area contributed by atoms with Gasteiger partial charge in [-0.2, -0.15) is 0 Å². The molecule has 0 bridgehead atoms. The zero-order valence-electron chi connectivity index (χ0n) is 15.7. The summed E-state index contributed by atoms with van der Waals surface area (Å²) in [6, 6.07) is 8.10. The number of rotatable bonds is 7. The average molecular weight is 387 g/mol. The van der Waals surface area contributed by atoms with E-state index in [1.807, 2.05) is 0 Å². The first-order valence-corrected chi connectivity index (χ1v) is 9.50. The van der Waals surface area contributed by atoms with E-state index in [2.05, 4.69) is 5.32 Å². The Morgan fingerprint density at radius 2 is 2.07 bits per heavy atom. The molecule has 1 aliphatic heterocycles. The van der Waals surface area contributed by atoms with Crippen molar-refractivity contribution >= 4 is 22.8 Å². The van der Waals surface area contributed by atoms with Crippen LogP contribution in [0.15, 0.2) is 39.5 Å². The van der Waals surface area contributed by atoms with Crippen molar-refractivity contribution in [3.63, 3.8) is 0 Å². The zero-order chi connectivity index (χ0) is 19.9. The first-order chi connectivity index (χ1) is 13.6. The van der Waals surface area contributed by atoms with Crippen LogP contribution >= 0.6 is 0 Å². The molecule has 1 aromatic heterocycles. The minimum absolute atomic E-state index is 0.0406. The molecule has 1 fully saturated rings. The fourth-order valence-electron chi connectivity index (χ4n) is 3.35. The van der Waals surface area contributed by atoms with Crippen molar-refractivity contribution < 1.29 is 18.7 Å². The number of hydrogen-bond acceptors (Lipinski definition) is 6. The molecule has 1 saturated heterocycles. The highest BCUT2D eigenvalue weighted by Gasteiger charge is 2.27. The van der Waals surface area contributed by atoms with Crippen LogP contribution in [-0.4, -0.2) is 49.0 Å². The van der Waals surface area contributed by atoms with Crippen LogP contribution in [0.3, 0.4) is 0 Å². The highest BCUT2D eigenvalue weighted by Crippen LogP contribution is 2.21. The van der Waals surface area contributed by atoms with Gasteiger partial charge >= 0.3 is 5.63 Å². The molecule has 0 saturated carbocycles. The lowest BCUT2D eigenvalue weighted by atomic mass is 10.0. The largest absolute Gasteiger partial charge is 0.484 e. The third-order valence-electron chi connectivity index (χ3n) is 4.81. The molecular formula is C20H25N3O5. The topological polar surface area (TPSA) is 115 Å². The first-order valence-electron chi connectivity index (χ1n) is 9.50. The minimum atomic E-state index is -0.437. The second-order valence-electron chi connectivity index (χ2n) is 6.82. The quantitative estimate of drug-likeness (QED) is 0.686. The number of nitrogens with zero attached hydrogens (tertiary/aromatic N) is 1. The van der Waals surface area contributed by atoms with E-state index in [-0.39, 0.29) is 30.9 Å². The number of likely N-dealkylation sites (tertiary alicyclic amines) is 1. The van der Waals surface area contributed by atoms with Crippen molar-refractivity contribution in [1.29, 1.82) is 0 Å². The van der Waals surface area contributed by atoms with Crippen LogP contribution in [0.5, 0.6) is 5.75 Å². The second kappa shape index (κ2) is 9.36. The summed E-state index contributed by atoms with van der Waals surface area (Å²) in [4.78, 5) is 37.4. The van der Waals surface area contributed by atoms with Crippen molar-refractivity contribution in [1.82, 2.24) is 10.2 Å². The molecule has 28 heavy (non-hydrogen) atoms. The Kier molecular flexibility index (Phi) is 6.65. The number of hydrogen-bond donors (Lipinski definition) is 2. The number of carbonyl (C=O) groups excluding carboxylic acids is 2. The van der Waals surface area contributed by atoms with E-state index in [1.165, 1.54) is 6.07 Å². The molecule has 2 amide bonds. The summed E-state index contributed by atoms with van der Waals surface area (Å²) in [5, 5.41) is 3.62. The van der Waals surface area contributed by atoms with Gasteiger partial charge in [-0.15, -0.1) is 0 Å². The van der Waals surface area contributed by atoms with E-state index < -0.39 is 5.63 Å². The van der Waals surface area contributed by atoms with Gasteiger partial charge in [0.1, 0.15) is 11.3 Å². The predicted octanol–water partition coefficient (Wildman–Crippen LogP) is 1.02. The predicted molar refractivity (Wildman–Crippen MR) is 104 cm³/mol. The van der Waals surface area contributed by atoms with Gasteiger partial charge in [-0.1, -0.05) is 0 Å². The number of piperidine rings is 1. The highest BCUT2D eigenvalue weighted by molar-refractivity contribution is 5.80. The Morgan fingerprint density at radius 3 is 2.89 bits per heavy atom. The summed E-state index contributed by atoms with van der Waals surface area (Å²) in [6.07, 6.45) is 3.07. The van der Waals surface area contributed by atoms with Gasteiger partial charge in [0.2, 0.25) is 5.91 Å². The molecule has 3 N–H and O–H groups in total. The van der Waals surface area contributed by atoms with Crippen LogP contribution in [-0.2, 0) is 9.59 Å². The fraction of sp³-hybridized carbons (Fsp3) is 0.450. The van der Waals surface area contributed by atoms with E-state index in [4.69, 9.17) is 14.9 Å². The van der Waals surface area contributed by atoms with E-state index in [9.17, 15) is 14.4 Å². The third-order valence-corrected chi connectivity index (χ3v) is 4.81. The molecule has 150 valence electrons. The minimum Gasteiger partial charge on any atom is -0.484 e. The number of carbonyl (C=O) groups is 2. The first kappa shape index (κ1) is 19.9. The molecule has 1 atom stereocenters. The molecule has 0 spiro atoms. The van der Waals surface area contributed by atoms with Gasteiger partial charge in [0.05, 0.1) is 0 Å². The Balaban J connectivity index is 1.59. The van der Waals surface area contributed by atoms with Crippen LogP contribution in [0.4, 0.5) is 0 Å². The van der Waals surface area contributed by atoms with Crippen molar-refractivity contribution in [2.45, 2.75) is 31.7 Å². The van der Waals surface area contributed by atoms with Crippen LogP contribution in [0.2, 0.25) is 0 Å². The lowest BCUT2D eigenvalue weighted by Crippen LogP contribution is -2.50. The molecule has 0 aliphatic carbocycles. The van der Waals surface area contributed by atoms with Gasteiger partial charge in [-0.25, -0.2) is 4.79 Å². The second-order valence-corrected chi connectivity index (χ2v) is 6.82. The Morgan fingerprint density at radius 1 is 1.25 bits per heavy atom. The van der Waals surface area contributed by atoms with Crippen molar-refractivity contribution in [2.24, 2.45) is 5.73 Å². The maximum atomic E-state index is 12.7. The van der Waals surface area contributed by atoms with Gasteiger partial charge < -0.3 is 25.1 Å². The summed E-state index contributed by atoms with van der Waals surface area (Å²) in [7, 11) is 0. The van der Waals surface area contributed by atoms with E-state index in [0.29, 0.717) is 31.0 Å². The molecule has 2 heterocycles. The fourth-order valence-corrected chi connectivity index (χ4v) is 3.35. The van der Waals surface area contributed by atoms with E-state index in [1.54, 1.807) is 29.2 Å². The Labute approximate surface area is 162 Å². The van der Waals surface area contributed by atoms with E-state index in [0.717, 1.165) is 24.6 Å². The molecule has 0 radical (unpaired) electrons. The summed E-state index contributed by atoms with van der Waals surface area (Å²) in [6.45, 7) is 1.26. The number of nitrogens with one attached hydrogen (secondary N) is 1. The van der Waals surface area contributed by atoms with Crippen LogP contribution in [0.1, 0.15) is 25.7 Å². The monoisotopic (exact) mass is 387 g/mol. The molecule has 3 rings (SSSR count). The lowest BCUT2D eigenvalue weighted by molar-refractivity contribution is -0.137. The molecule has 8 heteroatoms. The summed E-state index contributed by atoms with van der Waals surface area (Å²) < 4.78 is 10.8. The molecule has 1 aliphatic rings. The maximum Gasteiger partial charge on any atom is 0.336 e. The SMILES string of the molecule is NCCC(=O)NCC1CCCCN1C(=O)COc1ccc2ccc(=O)oc2c1. The number of benzene rings is 1. The van der Waals surface area contributed by atoms with Crippen LogP contribution in [0, 0.1) is 0 Å². The summed E-state index contributed by atoms with van der Waals surface area (Å²) >= 11 is 0. The highest BCUT2D eigenvalue weighted by atomic mass is 16.5. The van der Waals surface area contributed by atoms with Gasteiger partial charge in [0.25, 0.3) is 5.91 Å². The normalized spacial score (nSPS) is 16.8. The Bertz CT molecular complexity index is 895. The summed E-state index contributed by atoms with van der Waals surface area (Å²) in [5.41, 5.74) is 5.36. The van der Waals surface area contributed by atoms with Gasteiger partial charge in [-0.3, -0.25) is 9.59 Å². The number of ether oxygens (including phenoxy) is 1. The van der Waals surface area contributed by atoms with Crippen LogP contribution in [0.25, 0.3) is 11.0 Å².